The van der Waals surface area contributed by atoms with E-state index in [9.17, 15) is 5.21 Å². The third-order valence-electron chi connectivity index (χ3n) is 4.87. The molecule has 7 nitrogen and oxygen atoms in total. The Bertz CT molecular complexity index is 815. The first-order chi connectivity index (χ1) is 14.0. The summed E-state index contributed by atoms with van der Waals surface area (Å²) in [5, 5.41) is 9.46. The molecule has 1 aliphatic rings. The van der Waals surface area contributed by atoms with E-state index >= 15 is 0 Å². The van der Waals surface area contributed by atoms with Gasteiger partial charge < -0.3 is 9.47 Å². The van der Waals surface area contributed by atoms with Crippen LogP contribution in [0.25, 0.3) is 0 Å². The van der Waals surface area contributed by atoms with Gasteiger partial charge in [-0.2, -0.15) is 0 Å². The number of amidine groups is 1. The fraction of sp³-hybridized carbons (Fsp3) is 0.455. The number of aromatic nitrogens is 1. The van der Waals surface area contributed by atoms with E-state index in [1.807, 2.05) is 18.2 Å². The molecule has 0 saturated carbocycles. The van der Waals surface area contributed by atoms with Crippen LogP contribution < -0.4 is 10.2 Å². The van der Waals surface area contributed by atoms with Crippen LogP contribution in [0.2, 0.25) is 0 Å². The van der Waals surface area contributed by atoms with Crippen molar-refractivity contribution < 1.29 is 14.7 Å². The summed E-state index contributed by atoms with van der Waals surface area (Å²) in [4.78, 5) is 11.1. The van der Waals surface area contributed by atoms with E-state index in [0.717, 1.165) is 44.2 Å². The zero-order valence-corrected chi connectivity index (χ0v) is 17.4. The van der Waals surface area contributed by atoms with Crippen molar-refractivity contribution in [1.82, 2.24) is 15.4 Å². The molecular weight excluding hydrogens is 368 g/mol. The summed E-state index contributed by atoms with van der Waals surface area (Å²) in [6.45, 7) is 11.2. The van der Waals surface area contributed by atoms with Gasteiger partial charge in [-0.05, 0) is 42.2 Å². The molecule has 1 aromatic carbocycles. The number of hydrogen-bond acceptors (Lipinski definition) is 6. The highest BCUT2D eigenvalue weighted by Gasteiger charge is 2.10. The van der Waals surface area contributed by atoms with E-state index in [4.69, 9.17) is 9.47 Å². The molecule has 0 radical (unpaired) electrons. The molecule has 1 fully saturated rings. The predicted octanol–water partition coefficient (Wildman–Crippen LogP) is 3.36. The molecule has 3 rings (SSSR count). The number of hydroxylamine groups is 1. The summed E-state index contributed by atoms with van der Waals surface area (Å²) in [6, 6.07) is 9.82. The lowest BCUT2D eigenvalue weighted by atomic mass is 10.0. The summed E-state index contributed by atoms with van der Waals surface area (Å²) < 4.78 is 11.3. The molecule has 1 saturated heterocycles. The number of pyridine rings is 1. The van der Waals surface area contributed by atoms with Gasteiger partial charge >= 0.3 is 0 Å². The number of aliphatic imine (C=N–C) groups is 1. The van der Waals surface area contributed by atoms with Crippen molar-refractivity contribution in [3.05, 3.63) is 53.2 Å². The Hall–Kier alpha value is -2.48. The van der Waals surface area contributed by atoms with Crippen LogP contribution in [0.3, 0.4) is 0 Å². The minimum atomic E-state index is 0.398. The number of nitrogens with zero attached hydrogens (tertiary/aromatic N) is 3. The van der Waals surface area contributed by atoms with Gasteiger partial charge in [-0.25, -0.2) is 4.98 Å². The first-order valence-electron chi connectivity index (χ1n) is 10.1. The second-order valence-electron chi connectivity index (χ2n) is 7.52. The Morgan fingerprint density at radius 1 is 1.28 bits per heavy atom. The predicted molar refractivity (Wildman–Crippen MR) is 113 cm³/mol. The normalized spacial score (nSPS) is 15.6. The smallest absolute Gasteiger partial charge is 0.219 e. The quantitative estimate of drug-likeness (QED) is 0.423. The van der Waals surface area contributed by atoms with Gasteiger partial charge in [0.1, 0.15) is 5.75 Å². The summed E-state index contributed by atoms with van der Waals surface area (Å²) >= 11 is 0. The highest BCUT2D eigenvalue weighted by molar-refractivity contribution is 5.97. The van der Waals surface area contributed by atoms with Crippen LogP contribution in [0.4, 0.5) is 0 Å². The van der Waals surface area contributed by atoms with Crippen molar-refractivity contribution in [2.45, 2.75) is 26.7 Å². The Morgan fingerprint density at radius 2 is 2.07 bits per heavy atom. The molecule has 0 unspecified atom stereocenters. The van der Waals surface area contributed by atoms with Crippen molar-refractivity contribution in [3.63, 3.8) is 0 Å². The molecule has 2 heterocycles. The number of ether oxygens (including phenoxy) is 2. The number of rotatable bonds is 7. The van der Waals surface area contributed by atoms with E-state index in [1.165, 1.54) is 5.56 Å². The van der Waals surface area contributed by atoms with E-state index in [1.54, 1.807) is 12.3 Å². The van der Waals surface area contributed by atoms with E-state index < -0.39 is 0 Å². The third kappa shape index (κ3) is 6.25. The van der Waals surface area contributed by atoms with Crippen molar-refractivity contribution in [2.75, 3.05) is 39.4 Å². The van der Waals surface area contributed by atoms with Crippen LogP contribution in [0.1, 0.15) is 36.5 Å². The molecule has 2 aromatic rings. The van der Waals surface area contributed by atoms with Crippen molar-refractivity contribution in [1.29, 1.82) is 0 Å². The maximum atomic E-state index is 9.46. The molecule has 7 heteroatoms. The first-order valence-corrected chi connectivity index (χ1v) is 10.1. The third-order valence-corrected chi connectivity index (χ3v) is 4.87. The average molecular weight is 399 g/mol. The number of nitrogens with one attached hydrogen (secondary N) is 1. The van der Waals surface area contributed by atoms with Gasteiger partial charge in [0.15, 0.2) is 5.84 Å². The van der Waals surface area contributed by atoms with Crippen LogP contribution in [0.15, 0.2) is 41.5 Å². The lowest BCUT2D eigenvalue weighted by Crippen LogP contribution is -2.38. The fourth-order valence-corrected chi connectivity index (χ4v) is 3.19. The minimum Gasteiger partial charge on any atom is -0.439 e. The average Bonchev–Trinajstić information content (AvgIpc) is 2.72. The van der Waals surface area contributed by atoms with E-state index in [-0.39, 0.29) is 0 Å². The first kappa shape index (κ1) is 21.2. The number of benzene rings is 1. The molecule has 1 aromatic heterocycles. The molecule has 1 aliphatic heterocycles. The summed E-state index contributed by atoms with van der Waals surface area (Å²) in [5.74, 6) is 2.10. The molecule has 156 valence electrons. The molecule has 0 amide bonds. The minimum absolute atomic E-state index is 0.398. The van der Waals surface area contributed by atoms with Gasteiger partial charge in [0.2, 0.25) is 5.88 Å². The van der Waals surface area contributed by atoms with Crippen LogP contribution in [-0.4, -0.2) is 60.3 Å². The summed E-state index contributed by atoms with van der Waals surface area (Å²) in [7, 11) is 0. The highest BCUT2D eigenvalue weighted by atomic mass is 16.5. The van der Waals surface area contributed by atoms with Gasteiger partial charge in [0.25, 0.3) is 0 Å². The fourth-order valence-electron chi connectivity index (χ4n) is 3.19. The van der Waals surface area contributed by atoms with Crippen LogP contribution in [0.5, 0.6) is 11.6 Å². The van der Waals surface area contributed by atoms with Crippen LogP contribution in [0, 0.1) is 6.92 Å². The maximum absolute atomic E-state index is 9.46. The SMILES string of the molecule is Cc1cc(Oc2ccc(C(=NCCN3CCOCC3)NO)cn2)cc(C(C)C)c1. The summed E-state index contributed by atoms with van der Waals surface area (Å²) in [6.07, 6.45) is 1.64. The van der Waals surface area contributed by atoms with Gasteiger partial charge in [-0.1, -0.05) is 19.9 Å². The molecule has 0 bridgehead atoms. The van der Waals surface area contributed by atoms with Crippen molar-refractivity contribution in [3.8, 4) is 11.6 Å². The lowest BCUT2D eigenvalue weighted by Gasteiger charge is -2.25. The zero-order valence-electron chi connectivity index (χ0n) is 17.4. The van der Waals surface area contributed by atoms with E-state index in [2.05, 4.69) is 47.2 Å². The molecule has 0 atom stereocenters. The van der Waals surface area contributed by atoms with Gasteiger partial charge in [0.05, 0.1) is 19.8 Å². The zero-order chi connectivity index (χ0) is 20.6. The molecular formula is C22H30N4O3. The Labute approximate surface area is 172 Å². The second-order valence-corrected chi connectivity index (χ2v) is 7.52. The lowest BCUT2D eigenvalue weighted by molar-refractivity contribution is 0.0394. The molecule has 0 spiro atoms. The van der Waals surface area contributed by atoms with Crippen LogP contribution in [-0.2, 0) is 4.74 Å². The van der Waals surface area contributed by atoms with Gasteiger partial charge in [-0.15, -0.1) is 0 Å². The molecule has 0 aliphatic carbocycles. The number of aryl methyl sites for hydroxylation is 1. The van der Waals surface area contributed by atoms with E-state index in [0.29, 0.717) is 29.7 Å². The molecule has 29 heavy (non-hydrogen) atoms. The number of hydrogen-bond donors (Lipinski definition) is 2. The maximum Gasteiger partial charge on any atom is 0.219 e. The van der Waals surface area contributed by atoms with Crippen molar-refractivity contribution in [2.24, 2.45) is 4.99 Å². The Kier molecular flexibility index (Phi) is 7.57. The van der Waals surface area contributed by atoms with Gasteiger partial charge in [-0.3, -0.25) is 20.6 Å². The number of morpholine rings is 1. The standard InChI is InChI=1S/C22H30N4O3/c1-16(2)19-12-17(3)13-20(14-19)29-21-5-4-18(15-24-21)22(25-27)23-6-7-26-8-10-28-11-9-26/h4-5,12-16,27H,6-11H2,1-3H3,(H,23,25). The second kappa shape index (κ2) is 10.3. The molecule has 2 N–H and O–H groups in total. The van der Waals surface area contributed by atoms with Crippen molar-refractivity contribution >= 4 is 5.84 Å². The summed E-state index contributed by atoms with van der Waals surface area (Å²) in [5.41, 5.74) is 5.27. The highest BCUT2D eigenvalue weighted by Crippen LogP contribution is 2.26. The van der Waals surface area contributed by atoms with Crippen LogP contribution >= 0.6 is 0 Å². The van der Waals surface area contributed by atoms with Gasteiger partial charge in [0, 0.05) is 37.5 Å². The largest absolute Gasteiger partial charge is 0.439 e. The monoisotopic (exact) mass is 398 g/mol. The Balaban J connectivity index is 1.63. The Morgan fingerprint density at radius 3 is 2.72 bits per heavy atom. The topological polar surface area (TPSA) is 79.2 Å².